The van der Waals surface area contributed by atoms with Gasteiger partial charge in [-0.25, -0.2) is 0 Å². The third-order valence-corrected chi connectivity index (χ3v) is 5.53. The fraction of sp³-hybridized carbons (Fsp3) is 0.867. The molecule has 3 atom stereocenters. The fourth-order valence-corrected chi connectivity index (χ4v) is 3.78. The van der Waals surface area contributed by atoms with Crippen LogP contribution < -0.4 is 0 Å². The van der Waals surface area contributed by atoms with Crippen molar-refractivity contribution < 1.29 is 15.3 Å². The summed E-state index contributed by atoms with van der Waals surface area (Å²) in [4.78, 5) is 0. The SMILES string of the molecule is C[C@@H]1CCCC2=CC[C@@H](C(O)(CO)CO)C[C@]21C. The third kappa shape index (κ3) is 2.13. The molecular weight excluding hydrogens is 228 g/mol. The molecule has 0 bridgehead atoms. The Hall–Kier alpha value is -0.380. The van der Waals surface area contributed by atoms with Crippen LogP contribution in [0.5, 0.6) is 0 Å². The van der Waals surface area contributed by atoms with Crippen LogP contribution in [-0.2, 0) is 0 Å². The molecule has 3 nitrogen and oxygen atoms in total. The summed E-state index contributed by atoms with van der Waals surface area (Å²) >= 11 is 0. The van der Waals surface area contributed by atoms with Crippen molar-refractivity contribution in [1.29, 1.82) is 0 Å². The maximum Gasteiger partial charge on any atom is 0.114 e. The third-order valence-electron chi connectivity index (χ3n) is 5.53. The second kappa shape index (κ2) is 4.95. The highest BCUT2D eigenvalue weighted by Gasteiger charge is 2.46. The lowest BCUT2D eigenvalue weighted by molar-refractivity contribution is -0.109. The summed E-state index contributed by atoms with van der Waals surface area (Å²) in [6, 6.07) is 0. The Morgan fingerprint density at radius 3 is 2.67 bits per heavy atom. The molecule has 0 aliphatic heterocycles. The number of aliphatic hydroxyl groups is 3. The molecule has 1 saturated carbocycles. The quantitative estimate of drug-likeness (QED) is 0.674. The zero-order valence-corrected chi connectivity index (χ0v) is 11.5. The maximum absolute atomic E-state index is 10.3. The number of hydrogen-bond acceptors (Lipinski definition) is 3. The van der Waals surface area contributed by atoms with Gasteiger partial charge in [0.25, 0.3) is 0 Å². The first-order chi connectivity index (χ1) is 8.46. The fourth-order valence-electron chi connectivity index (χ4n) is 3.78. The highest BCUT2D eigenvalue weighted by Crippen LogP contribution is 2.53. The molecule has 0 saturated heterocycles. The number of fused-ring (bicyclic) bond motifs is 1. The van der Waals surface area contributed by atoms with E-state index in [-0.39, 0.29) is 24.5 Å². The zero-order valence-electron chi connectivity index (χ0n) is 11.5. The van der Waals surface area contributed by atoms with Crippen LogP contribution in [0.2, 0.25) is 0 Å². The second-order valence-corrected chi connectivity index (χ2v) is 6.50. The van der Waals surface area contributed by atoms with Gasteiger partial charge in [-0.05, 0) is 49.4 Å². The van der Waals surface area contributed by atoms with Crippen LogP contribution in [-0.4, -0.2) is 34.1 Å². The average molecular weight is 254 g/mol. The molecule has 0 aromatic heterocycles. The minimum atomic E-state index is -1.33. The van der Waals surface area contributed by atoms with Crippen molar-refractivity contribution in [3.63, 3.8) is 0 Å². The number of aliphatic hydroxyl groups excluding tert-OH is 2. The second-order valence-electron chi connectivity index (χ2n) is 6.50. The van der Waals surface area contributed by atoms with Gasteiger partial charge < -0.3 is 15.3 Å². The van der Waals surface area contributed by atoms with Crippen LogP contribution in [0.1, 0.15) is 46.0 Å². The highest BCUT2D eigenvalue weighted by atomic mass is 16.4. The molecule has 0 radical (unpaired) electrons. The largest absolute Gasteiger partial charge is 0.393 e. The predicted molar refractivity (Wildman–Crippen MR) is 71.1 cm³/mol. The van der Waals surface area contributed by atoms with Gasteiger partial charge in [-0.15, -0.1) is 0 Å². The first-order valence-electron chi connectivity index (χ1n) is 7.10. The lowest BCUT2D eigenvalue weighted by atomic mass is 9.57. The molecule has 0 amide bonds. The molecule has 104 valence electrons. The monoisotopic (exact) mass is 254 g/mol. The smallest absolute Gasteiger partial charge is 0.114 e. The van der Waals surface area contributed by atoms with Crippen molar-refractivity contribution in [2.45, 2.75) is 51.6 Å². The Morgan fingerprint density at radius 1 is 1.39 bits per heavy atom. The summed E-state index contributed by atoms with van der Waals surface area (Å²) in [7, 11) is 0. The summed E-state index contributed by atoms with van der Waals surface area (Å²) in [5.74, 6) is 0.573. The number of rotatable bonds is 3. The van der Waals surface area contributed by atoms with Gasteiger partial charge in [0.2, 0.25) is 0 Å². The molecule has 18 heavy (non-hydrogen) atoms. The van der Waals surface area contributed by atoms with E-state index >= 15 is 0 Å². The van der Waals surface area contributed by atoms with E-state index < -0.39 is 5.60 Å². The lowest BCUT2D eigenvalue weighted by Gasteiger charge is -2.49. The normalized spacial score (nSPS) is 37.1. The molecule has 0 heterocycles. The topological polar surface area (TPSA) is 60.7 Å². The van der Waals surface area contributed by atoms with Crippen LogP contribution in [0, 0.1) is 17.3 Å². The first kappa shape index (κ1) is 14.0. The summed E-state index contributed by atoms with van der Waals surface area (Å²) in [6.07, 6.45) is 7.56. The molecule has 0 aromatic rings. The molecular formula is C15H26O3. The minimum absolute atomic E-state index is 0.0400. The number of hydrogen-bond donors (Lipinski definition) is 3. The molecule has 0 aromatic carbocycles. The van der Waals surface area contributed by atoms with Crippen molar-refractivity contribution in [3.05, 3.63) is 11.6 Å². The highest BCUT2D eigenvalue weighted by molar-refractivity contribution is 5.22. The molecule has 0 unspecified atom stereocenters. The van der Waals surface area contributed by atoms with Crippen molar-refractivity contribution in [2.75, 3.05) is 13.2 Å². The van der Waals surface area contributed by atoms with Crippen LogP contribution in [0.4, 0.5) is 0 Å². The zero-order chi connectivity index (χ0) is 13.4. The van der Waals surface area contributed by atoms with E-state index in [2.05, 4.69) is 19.9 Å². The Kier molecular flexibility index (Phi) is 3.86. The van der Waals surface area contributed by atoms with Crippen LogP contribution in [0.25, 0.3) is 0 Å². The van der Waals surface area contributed by atoms with Gasteiger partial charge in [0.15, 0.2) is 0 Å². The molecule has 3 N–H and O–H groups in total. The van der Waals surface area contributed by atoms with Gasteiger partial charge in [0.1, 0.15) is 5.60 Å². The summed E-state index contributed by atoms with van der Waals surface area (Å²) in [5, 5.41) is 29.0. The summed E-state index contributed by atoms with van der Waals surface area (Å²) in [6.45, 7) is 3.85. The first-order valence-corrected chi connectivity index (χ1v) is 7.10. The van der Waals surface area contributed by atoms with Gasteiger partial charge in [0, 0.05) is 0 Å². The van der Waals surface area contributed by atoms with Crippen molar-refractivity contribution >= 4 is 0 Å². The summed E-state index contributed by atoms with van der Waals surface area (Å²) in [5.41, 5.74) is 0.331. The standard InChI is InChI=1S/C15H26O3/c1-11-4-3-5-12-6-7-13(8-14(11,12)2)15(18,9-16)10-17/h6,11,13,16-18H,3-5,7-10H2,1-2H3/t11-,13-,14+/m1/s1. The predicted octanol–water partition coefficient (Wildman–Crippen LogP) is 1.86. The lowest BCUT2D eigenvalue weighted by Crippen LogP contribution is -2.49. The van der Waals surface area contributed by atoms with Crippen LogP contribution >= 0.6 is 0 Å². The van der Waals surface area contributed by atoms with Gasteiger partial charge in [0.05, 0.1) is 13.2 Å². The van der Waals surface area contributed by atoms with E-state index in [9.17, 15) is 15.3 Å². The molecule has 2 aliphatic carbocycles. The van der Waals surface area contributed by atoms with E-state index in [1.54, 1.807) is 0 Å². The Bertz CT molecular complexity index is 333. The van der Waals surface area contributed by atoms with Crippen molar-refractivity contribution in [2.24, 2.45) is 17.3 Å². The van der Waals surface area contributed by atoms with E-state index in [0.717, 1.165) is 12.8 Å². The van der Waals surface area contributed by atoms with Crippen molar-refractivity contribution in [3.8, 4) is 0 Å². The number of allylic oxidation sites excluding steroid dienone is 2. The van der Waals surface area contributed by atoms with E-state index in [4.69, 9.17) is 0 Å². The Labute approximate surface area is 110 Å². The molecule has 3 heteroatoms. The van der Waals surface area contributed by atoms with Crippen molar-refractivity contribution in [1.82, 2.24) is 0 Å². The van der Waals surface area contributed by atoms with E-state index in [1.807, 2.05) is 0 Å². The van der Waals surface area contributed by atoms with Gasteiger partial charge >= 0.3 is 0 Å². The maximum atomic E-state index is 10.3. The molecule has 0 spiro atoms. The average Bonchev–Trinajstić information content (AvgIpc) is 2.38. The molecule has 1 fully saturated rings. The molecule has 2 aliphatic rings. The van der Waals surface area contributed by atoms with Gasteiger partial charge in [-0.2, -0.15) is 0 Å². The summed E-state index contributed by atoms with van der Waals surface area (Å²) < 4.78 is 0. The van der Waals surface area contributed by atoms with Crippen LogP contribution in [0.15, 0.2) is 11.6 Å². The van der Waals surface area contributed by atoms with Gasteiger partial charge in [-0.3, -0.25) is 0 Å². The van der Waals surface area contributed by atoms with Crippen LogP contribution in [0.3, 0.4) is 0 Å². The minimum Gasteiger partial charge on any atom is -0.393 e. The Balaban J connectivity index is 2.24. The van der Waals surface area contributed by atoms with E-state index in [1.165, 1.54) is 24.8 Å². The Morgan fingerprint density at radius 2 is 2.06 bits per heavy atom. The van der Waals surface area contributed by atoms with Gasteiger partial charge in [-0.1, -0.05) is 25.5 Å². The van der Waals surface area contributed by atoms with E-state index in [0.29, 0.717) is 5.92 Å². The molecule has 2 rings (SSSR count).